The number of epoxide rings is 1. The van der Waals surface area contributed by atoms with E-state index in [9.17, 15) is 0 Å². The third kappa shape index (κ3) is 2.77. The van der Waals surface area contributed by atoms with Crippen LogP contribution in [0.5, 0.6) is 0 Å². The van der Waals surface area contributed by atoms with Crippen LogP contribution in [0.1, 0.15) is 22.8 Å². The van der Waals surface area contributed by atoms with E-state index in [2.05, 4.69) is 97.1 Å². The third-order valence-corrected chi connectivity index (χ3v) is 5.34. The molecule has 1 aliphatic rings. The van der Waals surface area contributed by atoms with Gasteiger partial charge >= 0.3 is 0 Å². The summed E-state index contributed by atoms with van der Waals surface area (Å²) in [4.78, 5) is 0. The van der Waals surface area contributed by atoms with Gasteiger partial charge in [0.1, 0.15) is 11.7 Å². The zero-order chi connectivity index (χ0) is 18.1. The normalized spacial score (nSPS) is 17.4. The minimum atomic E-state index is -0.392. The molecule has 0 bridgehead atoms. The van der Waals surface area contributed by atoms with Gasteiger partial charge in [-0.1, -0.05) is 115 Å². The van der Waals surface area contributed by atoms with Gasteiger partial charge in [0.15, 0.2) is 0 Å². The Labute approximate surface area is 159 Å². The predicted octanol–water partition coefficient (Wildman–Crippen LogP) is 6.37. The van der Waals surface area contributed by atoms with Crippen molar-refractivity contribution in [3.05, 3.63) is 132 Å². The lowest BCUT2D eigenvalue weighted by Gasteiger charge is -2.14. The van der Waals surface area contributed by atoms with Gasteiger partial charge in [-0.3, -0.25) is 0 Å². The molecule has 1 heterocycles. The Hall–Kier alpha value is -3.16. The average molecular weight is 348 g/mol. The maximum absolute atomic E-state index is 6.41. The van der Waals surface area contributed by atoms with Crippen LogP contribution in [-0.2, 0) is 10.3 Å². The summed E-state index contributed by atoms with van der Waals surface area (Å²) in [6.07, 6.45) is 0.0344. The second-order valence-corrected chi connectivity index (χ2v) is 6.95. The highest BCUT2D eigenvalue weighted by Gasteiger charge is 2.59. The lowest BCUT2D eigenvalue weighted by atomic mass is 9.85. The Morgan fingerprint density at radius 1 is 0.481 bits per heavy atom. The van der Waals surface area contributed by atoms with Gasteiger partial charge in [-0.2, -0.15) is 0 Å². The van der Waals surface area contributed by atoms with E-state index in [0.717, 1.165) is 0 Å². The topological polar surface area (TPSA) is 12.5 Å². The van der Waals surface area contributed by atoms with E-state index in [-0.39, 0.29) is 6.10 Å². The molecule has 0 radical (unpaired) electrons. The van der Waals surface area contributed by atoms with Crippen LogP contribution < -0.4 is 0 Å². The molecule has 1 aliphatic heterocycles. The van der Waals surface area contributed by atoms with Crippen LogP contribution >= 0.6 is 0 Å². The van der Waals surface area contributed by atoms with E-state index >= 15 is 0 Å². The summed E-state index contributed by atoms with van der Waals surface area (Å²) in [5.74, 6) is 0. The van der Waals surface area contributed by atoms with Gasteiger partial charge in [-0.25, -0.2) is 0 Å². The minimum Gasteiger partial charge on any atom is -0.351 e. The molecular formula is C26H20O. The van der Waals surface area contributed by atoms with Gasteiger partial charge in [-0.05, 0) is 27.8 Å². The third-order valence-electron chi connectivity index (χ3n) is 5.34. The quantitative estimate of drug-likeness (QED) is 0.390. The zero-order valence-electron chi connectivity index (χ0n) is 15.0. The molecule has 4 aromatic rings. The molecule has 27 heavy (non-hydrogen) atoms. The predicted molar refractivity (Wildman–Crippen MR) is 109 cm³/mol. The Bertz CT molecular complexity index is 982. The van der Waals surface area contributed by atoms with Crippen LogP contribution in [0.25, 0.3) is 11.1 Å². The van der Waals surface area contributed by atoms with Crippen molar-refractivity contribution in [1.29, 1.82) is 0 Å². The molecule has 0 unspecified atom stereocenters. The van der Waals surface area contributed by atoms with Gasteiger partial charge in [0, 0.05) is 0 Å². The summed E-state index contributed by atoms with van der Waals surface area (Å²) in [6.45, 7) is 0. The SMILES string of the molecule is c1ccc(-c2ccc([C@@H]3OC3(c3ccccc3)c3ccccc3)cc2)cc1. The average Bonchev–Trinajstić information content (AvgIpc) is 3.53. The highest BCUT2D eigenvalue weighted by atomic mass is 16.6. The second-order valence-electron chi connectivity index (χ2n) is 6.95. The first-order valence-corrected chi connectivity index (χ1v) is 9.32. The summed E-state index contributed by atoms with van der Waals surface area (Å²) < 4.78 is 6.41. The fourth-order valence-corrected chi connectivity index (χ4v) is 3.91. The second kappa shape index (κ2) is 6.53. The number of rotatable bonds is 4. The highest BCUT2D eigenvalue weighted by Crippen LogP contribution is 2.61. The van der Waals surface area contributed by atoms with Crippen molar-refractivity contribution in [1.82, 2.24) is 0 Å². The van der Waals surface area contributed by atoms with Crippen molar-refractivity contribution in [3.8, 4) is 11.1 Å². The molecule has 4 aromatic carbocycles. The molecule has 0 aromatic heterocycles. The van der Waals surface area contributed by atoms with Crippen molar-refractivity contribution >= 4 is 0 Å². The first kappa shape index (κ1) is 16.0. The summed E-state index contributed by atoms with van der Waals surface area (Å²) in [6, 6.07) is 40.3. The monoisotopic (exact) mass is 348 g/mol. The van der Waals surface area contributed by atoms with Crippen molar-refractivity contribution in [3.63, 3.8) is 0 Å². The lowest BCUT2D eigenvalue weighted by Crippen LogP contribution is -2.12. The zero-order valence-corrected chi connectivity index (χ0v) is 15.0. The maximum atomic E-state index is 6.41. The molecule has 1 saturated heterocycles. The smallest absolute Gasteiger partial charge is 0.149 e. The van der Waals surface area contributed by atoms with Crippen LogP contribution in [0.2, 0.25) is 0 Å². The van der Waals surface area contributed by atoms with E-state index in [4.69, 9.17) is 4.74 Å². The van der Waals surface area contributed by atoms with Crippen molar-refractivity contribution < 1.29 is 4.74 Å². The Morgan fingerprint density at radius 2 is 0.926 bits per heavy atom. The van der Waals surface area contributed by atoms with Crippen LogP contribution in [0.15, 0.2) is 115 Å². The fourth-order valence-electron chi connectivity index (χ4n) is 3.91. The van der Waals surface area contributed by atoms with Gasteiger partial charge < -0.3 is 4.74 Å². The molecule has 1 atom stereocenters. The number of hydrogen-bond acceptors (Lipinski definition) is 1. The van der Waals surface area contributed by atoms with Crippen molar-refractivity contribution in [2.45, 2.75) is 11.7 Å². The number of ether oxygens (including phenoxy) is 1. The molecule has 0 amide bonds. The molecule has 1 heteroatoms. The van der Waals surface area contributed by atoms with Gasteiger partial charge in [0.05, 0.1) is 0 Å². The van der Waals surface area contributed by atoms with Crippen LogP contribution in [0.4, 0.5) is 0 Å². The van der Waals surface area contributed by atoms with Gasteiger partial charge in [0.25, 0.3) is 0 Å². The molecule has 1 fully saturated rings. The molecular weight excluding hydrogens is 328 g/mol. The first-order valence-electron chi connectivity index (χ1n) is 9.32. The van der Waals surface area contributed by atoms with Crippen LogP contribution in [0, 0.1) is 0 Å². The summed E-state index contributed by atoms with van der Waals surface area (Å²) in [5.41, 5.74) is 5.68. The molecule has 1 nitrogen and oxygen atoms in total. The van der Waals surface area contributed by atoms with E-state index < -0.39 is 5.60 Å². The molecule has 0 saturated carbocycles. The van der Waals surface area contributed by atoms with E-state index in [0.29, 0.717) is 0 Å². The summed E-state index contributed by atoms with van der Waals surface area (Å²) in [7, 11) is 0. The molecule has 130 valence electrons. The van der Waals surface area contributed by atoms with E-state index in [1.807, 2.05) is 18.2 Å². The maximum Gasteiger partial charge on any atom is 0.149 e. The highest BCUT2D eigenvalue weighted by molar-refractivity contribution is 5.64. The standard InChI is InChI=1S/C26H20O/c1-4-10-20(11-5-1)21-16-18-22(19-17-21)25-26(27-25,23-12-6-2-7-13-23)24-14-8-3-9-15-24/h1-19,25H/t25-/m0/s1. The van der Waals surface area contributed by atoms with Crippen molar-refractivity contribution in [2.75, 3.05) is 0 Å². The van der Waals surface area contributed by atoms with E-state index in [1.54, 1.807) is 0 Å². The fraction of sp³-hybridized carbons (Fsp3) is 0.0769. The number of hydrogen-bond donors (Lipinski definition) is 0. The first-order chi connectivity index (χ1) is 13.4. The van der Waals surface area contributed by atoms with Crippen LogP contribution in [0.3, 0.4) is 0 Å². The molecule has 0 aliphatic carbocycles. The molecule has 5 rings (SSSR count). The van der Waals surface area contributed by atoms with Crippen molar-refractivity contribution in [2.24, 2.45) is 0 Å². The Balaban J connectivity index is 1.52. The summed E-state index contributed by atoms with van der Waals surface area (Å²) in [5, 5.41) is 0. The largest absolute Gasteiger partial charge is 0.351 e. The molecule has 0 spiro atoms. The lowest BCUT2D eigenvalue weighted by molar-refractivity contribution is 0.329. The molecule has 0 N–H and O–H groups in total. The number of benzene rings is 4. The van der Waals surface area contributed by atoms with Gasteiger partial charge in [-0.15, -0.1) is 0 Å². The van der Waals surface area contributed by atoms with Crippen LogP contribution in [-0.4, -0.2) is 0 Å². The Morgan fingerprint density at radius 3 is 1.44 bits per heavy atom. The minimum absolute atomic E-state index is 0.0344. The Kier molecular flexibility index (Phi) is 3.88. The van der Waals surface area contributed by atoms with Gasteiger partial charge in [0.2, 0.25) is 0 Å². The van der Waals surface area contributed by atoms with E-state index in [1.165, 1.54) is 27.8 Å². The summed E-state index contributed by atoms with van der Waals surface area (Å²) >= 11 is 0.